The molecule has 0 aliphatic rings. The molecular weight excluding hydrogens is 764 g/mol. The average Bonchev–Trinajstić information content (AvgIpc) is 3.18. The van der Waals surface area contributed by atoms with Crippen molar-refractivity contribution in [3.8, 4) is 11.5 Å². The molecule has 54 heavy (non-hydrogen) atoms. The highest BCUT2D eigenvalue weighted by atomic mass is 32.2. The lowest BCUT2D eigenvalue weighted by molar-refractivity contribution is -0.158. The van der Waals surface area contributed by atoms with Crippen LogP contribution >= 0.6 is 42.9 Å². The summed E-state index contributed by atoms with van der Waals surface area (Å²) in [4.78, 5) is 42.9. The number of carbonyl (C=O) groups is 3. The van der Waals surface area contributed by atoms with E-state index in [2.05, 4.69) is 10.6 Å². The van der Waals surface area contributed by atoms with E-state index in [1.165, 1.54) is 11.8 Å². The van der Waals surface area contributed by atoms with Crippen LogP contribution in [0.2, 0.25) is 0 Å². The molecular formula is C40H47N2O8PS3. The Bertz CT molecular complexity index is 1760. The van der Waals surface area contributed by atoms with Gasteiger partial charge in [0.05, 0.1) is 0 Å². The summed E-state index contributed by atoms with van der Waals surface area (Å²) in [7, 11) is -4.24. The Hall–Kier alpha value is -4.03. The van der Waals surface area contributed by atoms with Crippen molar-refractivity contribution in [2.45, 2.75) is 61.0 Å². The van der Waals surface area contributed by atoms with Crippen molar-refractivity contribution in [2.75, 3.05) is 24.5 Å². The third-order valence-electron chi connectivity index (χ3n) is 8.06. The Morgan fingerprint density at radius 3 is 1.70 bits per heavy atom. The van der Waals surface area contributed by atoms with Crippen LogP contribution in [-0.2, 0) is 36.7 Å². The Kier molecular flexibility index (Phi) is 17.2. The van der Waals surface area contributed by atoms with Crippen molar-refractivity contribution in [1.82, 2.24) is 10.6 Å². The number of nitrogens with one attached hydrogen (secondary N) is 2. The molecule has 4 aromatic rings. The van der Waals surface area contributed by atoms with Gasteiger partial charge in [-0.05, 0) is 96.5 Å². The summed E-state index contributed by atoms with van der Waals surface area (Å²) in [6.07, 6.45) is 3.86. The zero-order valence-corrected chi connectivity index (χ0v) is 34.3. The molecule has 0 aromatic heterocycles. The number of carbonyl (C=O) groups excluding carboxylic acids is 3. The maximum Gasteiger partial charge on any atom is 0.453 e. The molecule has 0 bridgehead atoms. The average molecular weight is 811 g/mol. The third kappa shape index (κ3) is 13.4. The van der Waals surface area contributed by atoms with Gasteiger partial charge in [0.2, 0.25) is 0 Å². The second kappa shape index (κ2) is 21.8. The minimum absolute atomic E-state index is 0.00917. The van der Waals surface area contributed by atoms with E-state index in [0.717, 1.165) is 20.9 Å². The lowest BCUT2D eigenvalue weighted by Gasteiger charge is -2.31. The Morgan fingerprint density at radius 2 is 1.22 bits per heavy atom. The van der Waals surface area contributed by atoms with Crippen LogP contribution in [0.4, 0.5) is 4.79 Å². The van der Waals surface area contributed by atoms with Crippen molar-refractivity contribution in [2.24, 2.45) is 5.92 Å². The van der Waals surface area contributed by atoms with E-state index in [4.69, 9.17) is 18.5 Å². The summed E-state index contributed by atoms with van der Waals surface area (Å²) < 4.78 is 38.7. The predicted octanol–water partition coefficient (Wildman–Crippen LogP) is 9.08. The topological polar surface area (TPSA) is 129 Å². The fourth-order valence-electron chi connectivity index (χ4n) is 5.18. The van der Waals surface area contributed by atoms with Crippen LogP contribution in [0.5, 0.6) is 11.5 Å². The molecule has 2 amide bonds. The van der Waals surface area contributed by atoms with E-state index in [9.17, 15) is 14.4 Å². The number of hydrogen-bond donors (Lipinski definition) is 2. The third-order valence-corrected chi connectivity index (χ3v) is 12.5. The van der Waals surface area contributed by atoms with Crippen LogP contribution in [0.15, 0.2) is 119 Å². The van der Waals surface area contributed by atoms with Gasteiger partial charge in [0.25, 0.3) is 5.91 Å². The van der Waals surface area contributed by atoms with E-state index in [1.54, 1.807) is 61.6 Å². The summed E-state index contributed by atoms with van der Waals surface area (Å²) >= 11 is 4.60. The highest BCUT2D eigenvalue weighted by Crippen LogP contribution is 2.54. The van der Waals surface area contributed by atoms with Crippen molar-refractivity contribution in [3.63, 3.8) is 0 Å². The van der Waals surface area contributed by atoms with Gasteiger partial charge in [-0.25, -0.2) is 14.2 Å². The fourth-order valence-corrected chi connectivity index (χ4v) is 8.58. The molecule has 0 aliphatic heterocycles. The lowest BCUT2D eigenvalue weighted by Crippen LogP contribution is -2.49. The van der Waals surface area contributed by atoms with Crippen LogP contribution in [0.3, 0.4) is 0 Å². The predicted molar refractivity (Wildman–Crippen MR) is 219 cm³/mol. The number of esters is 1. The van der Waals surface area contributed by atoms with E-state index in [-0.39, 0.29) is 19.4 Å². The molecule has 0 heterocycles. The Balaban J connectivity index is 1.60. The summed E-state index contributed by atoms with van der Waals surface area (Å²) in [5.41, 5.74) is 1.51. The van der Waals surface area contributed by atoms with Gasteiger partial charge in [-0.1, -0.05) is 74.5 Å². The zero-order valence-electron chi connectivity index (χ0n) is 31.0. The first-order chi connectivity index (χ1) is 26.0. The van der Waals surface area contributed by atoms with Crippen molar-refractivity contribution in [1.29, 1.82) is 0 Å². The highest BCUT2D eigenvalue weighted by molar-refractivity contribution is 7.99. The van der Waals surface area contributed by atoms with Gasteiger partial charge in [-0.2, -0.15) is 11.8 Å². The molecule has 0 unspecified atom stereocenters. The molecule has 2 N–H and O–H groups in total. The maximum atomic E-state index is 15.0. The van der Waals surface area contributed by atoms with Gasteiger partial charge in [0.1, 0.15) is 24.1 Å². The second-order valence-corrected chi connectivity index (χ2v) is 17.2. The van der Waals surface area contributed by atoms with Crippen LogP contribution in [-0.4, -0.2) is 60.4 Å². The summed E-state index contributed by atoms with van der Waals surface area (Å²) in [5, 5.41) is 5.49. The lowest BCUT2D eigenvalue weighted by atomic mass is 10.1. The first kappa shape index (κ1) is 42.7. The molecule has 14 heteroatoms. The normalized spacial score (nSPS) is 12.9. The number of alkyl carbamates (subject to hydrolysis) is 1. The van der Waals surface area contributed by atoms with Gasteiger partial charge in [0, 0.05) is 16.2 Å². The first-order valence-electron chi connectivity index (χ1n) is 17.3. The number of thioether (sulfide) groups is 3. The number of benzene rings is 4. The Labute approximate surface area is 330 Å². The molecule has 0 spiro atoms. The maximum absolute atomic E-state index is 15.0. The van der Waals surface area contributed by atoms with Crippen LogP contribution in [0.25, 0.3) is 0 Å². The molecule has 0 aliphatic carbocycles. The van der Waals surface area contributed by atoms with E-state index < -0.39 is 49.4 Å². The summed E-state index contributed by atoms with van der Waals surface area (Å²) in [6.45, 7) is 3.60. The first-order valence-corrected chi connectivity index (χ1v) is 22.8. The van der Waals surface area contributed by atoms with Gasteiger partial charge in [0.15, 0.2) is 11.9 Å². The standard InChI is InChI=1S/C40H47N2O8PS3/c1-28(2)38(51(46,49-31-16-20-33(53-4)21-17-31)50-32-18-22-34(54-5)23-19-32)42-37(43)36(26-29-12-8-6-9-13-29)48-39(44)35(24-25-52-3)41-40(45)47-27-30-14-10-7-11-15-30/h6-23,28,35-36,38H,24-27H2,1-5H3,(H,41,45)(H,42,43)/t35-,36-,38-/m0/s1. The molecule has 4 rings (SSSR count). The van der Waals surface area contributed by atoms with Gasteiger partial charge >= 0.3 is 19.7 Å². The quantitative estimate of drug-likeness (QED) is 0.0504. The number of ether oxygens (including phenoxy) is 2. The number of rotatable bonds is 20. The van der Waals surface area contributed by atoms with E-state index >= 15 is 4.57 Å². The van der Waals surface area contributed by atoms with Crippen molar-refractivity contribution in [3.05, 3.63) is 120 Å². The zero-order chi connectivity index (χ0) is 38.9. The van der Waals surface area contributed by atoms with Crippen molar-refractivity contribution < 1.29 is 37.5 Å². The van der Waals surface area contributed by atoms with Crippen molar-refractivity contribution >= 4 is 60.9 Å². The molecule has 4 aromatic carbocycles. The minimum Gasteiger partial charge on any atom is -0.450 e. The molecule has 0 fully saturated rings. The van der Waals surface area contributed by atoms with Gasteiger partial charge in [-0.15, -0.1) is 23.5 Å². The number of hydrogen-bond acceptors (Lipinski definition) is 11. The van der Waals surface area contributed by atoms with E-state index in [1.807, 2.05) is 104 Å². The molecule has 3 atom stereocenters. The minimum atomic E-state index is -4.24. The smallest absolute Gasteiger partial charge is 0.450 e. The molecule has 10 nitrogen and oxygen atoms in total. The fraction of sp³-hybridized carbons (Fsp3) is 0.325. The largest absolute Gasteiger partial charge is 0.453 e. The monoisotopic (exact) mass is 810 g/mol. The molecule has 288 valence electrons. The SMILES string of the molecule is CSCC[C@H](NC(=O)OCc1ccccc1)C(=O)O[C@@H](Cc1ccccc1)C(=O)N[C@H](C(C)C)P(=O)(Oc1ccc(SC)cc1)Oc1ccc(SC)cc1. The van der Waals surface area contributed by atoms with Gasteiger partial charge < -0.3 is 29.2 Å². The molecule has 0 radical (unpaired) electrons. The van der Waals surface area contributed by atoms with Crippen LogP contribution < -0.4 is 19.7 Å². The molecule has 0 saturated carbocycles. The molecule has 0 saturated heterocycles. The second-order valence-electron chi connectivity index (χ2n) is 12.4. The number of amides is 2. The van der Waals surface area contributed by atoms with Crippen LogP contribution in [0.1, 0.15) is 31.4 Å². The van der Waals surface area contributed by atoms with E-state index in [0.29, 0.717) is 17.3 Å². The highest BCUT2D eigenvalue weighted by Gasteiger charge is 2.44. The summed E-state index contributed by atoms with van der Waals surface area (Å²) in [5.74, 6) is -2.02. The Morgan fingerprint density at radius 1 is 0.704 bits per heavy atom. The van der Waals surface area contributed by atoms with Crippen LogP contribution in [0, 0.1) is 5.92 Å². The summed E-state index contributed by atoms with van der Waals surface area (Å²) in [6, 6.07) is 31.3. The van der Waals surface area contributed by atoms with Gasteiger partial charge in [-0.3, -0.25) is 4.79 Å².